The van der Waals surface area contributed by atoms with E-state index in [1.54, 1.807) is 0 Å². The lowest BCUT2D eigenvalue weighted by Gasteiger charge is -2.32. The molecule has 0 spiro atoms. The minimum Gasteiger partial charge on any atom is -0.369 e. The Morgan fingerprint density at radius 3 is 2.58 bits per heavy atom. The fourth-order valence-electron chi connectivity index (χ4n) is 2.11. The van der Waals surface area contributed by atoms with Crippen molar-refractivity contribution in [3.05, 3.63) is 0 Å². The van der Waals surface area contributed by atoms with Gasteiger partial charge >= 0.3 is 0 Å². The zero-order valence-corrected chi connectivity index (χ0v) is 11.9. The predicted octanol–water partition coefficient (Wildman–Crippen LogP) is -1.53. The van der Waals surface area contributed by atoms with Crippen molar-refractivity contribution in [3.8, 4) is 0 Å². The number of piperidine rings is 1. The van der Waals surface area contributed by atoms with Crippen LogP contribution in [0.5, 0.6) is 0 Å². The van der Waals surface area contributed by atoms with Crippen molar-refractivity contribution >= 4 is 21.7 Å². The van der Waals surface area contributed by atoms with Gasteiger partial charge in [0.2, 0.25) is 11.8 Å². The number of nitrogens with zero attached hydrogens (tertiary/aromatic N) is 1. The van der Waals surface area contributed by atoms with Crippen LogP contribution < -0.4 is 11.5 Å². The standard InChI is InChI=1S/C11H21N3O4S/c1-19(17,18)6-4-9(12)11(16)14-5-2-3-8(7-14)10(13)15/h8-9H,2-7,12H2,1H3,(H2,13,15). The average Bonchev–Trinajstić information content (AvgIpc) is 2.34. The van der Waals surface area contributed by atoms with Gasteiger partial charge in [-0.1, -0.05) is 0 Å². The molecule has 0 aliphatic carbocycles. The molecule has 110 valence electrons. The Kier molecular flexibility index (Phi) is 5.30. The van der Waals surface area contributed by atoms with Gasteiger partial charge in [-0.25, -0.2) is 8.42 Å². The SMILES string of the molecule is CS(=O)(=O)CCC(N)C(=O)N1CCCC(C(N)=O)C1. The van der Waals surface area contributed by atoms with E-state index < -0.39 is 21.8 Å². The third kappa shape index (κ3) is 5.15. The summed E-state index contributed by atoms with van der Waals surface area (Å²) in [6.45, 7) is 0.815. The second-order valence-corrected chi connectivity index (χ2v) is 7.31. The average molecular weight is 291 g/mol. The van der Waals surface area contributed by atoms with Crippen LogP contribution in [0.15, 0.2) is 0 Å². The van der Waals surface area contributed by atoms with Gasteiger partial charge in [0.25, 0.3) is 0 Å². The van der Waals surface area contributed by atoms with Crippen LogP contribution in [0.1, 0.15) is 19.3 Å². The third-order valence-corrected chi connectivity index (χ3v) is 4.23. The van der Waals surface area contributed by atoms with Crippen LogP contribution in [0.2, 0.25) is 0 Å². The first-order chi connectivity index (χ1) is 8.70. The zero-order valence-electron chi connectivity index (χ0n) is 11.0. The lowest BCUT2D eigenvalue weighted by atomic mass is 9.97. The highest BCUT2D eigenvalue weighted by Crippen LogP contribution is 2.17. The minimum atomic E-state index is -3.13. The molecule has 4 N–H and O–H groups in total. The Bertz CT molecular complexity index is 449. The molecule has 1 heterocycles. The van der Waals surface area contributed by atoms with Crippen molar-refractivity contribution in [1.29, 1.82) is 0 Å². The number of nitrogens with two attached hydrogens (primary N) is 2. The van der Waals surface area contributed by atoms with Gasteiger partial charge in [-0.3, -0.25) is 9.59 Å². The Morgan fingerprint density at radius 1 is 1.42 bits per heavy atom. The molecule has 2 unspecified atom stereocenters. The Labute approximate surface area is 113 Å². The normalized spacial score (nSPS) is 22.0. The summed E-state index contributed by atoms with van der Waals surface area (Å²) in [6, 6.07) is -0.846. The Balaban J connectivity index is 2.54. The van der Waals surface area contributed by atoms with Crippen LogP contribution >= 0.6 is 0 Å². The summed E-state index contributed by atoms with van der Waals surface area (Å²) in [6.07, 6.45) is 2.58. The van der Waals surface area contributed by atoms with Gasteiger partial charge in [0, 0.05) is 19.3 Å². The molecule has 0 bridgehead atoms. The number of carbonyl (C=O) groups is 2. The molecule has 0 radical (unpaired) electrons. The molecule has 1 saturated heterocycles. The number of rotatable bonds is 5. The first-order valence-electron chi connectivity index (χ1n) is 6.22. The molecular formula is C11H21N3O4S. The number of likely N-dealkylation sites (tertiary alicyclic amines) is 1. The number of carbonyl (C=O) groups excluding carboxylic acids is 2. The van der Waals surface area contributed by atoms with E-state index in [2.05, 4.69) is 0 Å². The van der Waals surface area contributed by atoms with Crippen LogP contribution in [-0.4, -0.2) is 56.3 Å². The molecule has 19 heavy (non-hydrogen) atoms. The maximum Gasteiger partial charge on any atom is 0.239 e. The lowest BCUT2D eigenvalue weighted by Crippen LogP contribution is -2.50. The van der Waals surface area contributed by atoms with Gasteiger partial charge in [0.05, 0.1) is 17.7 Å². The molecule has 0 aromatic carbocycles. The monoisotopic (exact) mass is 291 g/mol. The molecular weight excluding hydrogens is 270 g/mol. The number of sulfone groups is 1. The van der Waals surface area contributed by atoms with Gasteiger partial charge in [-0.15, -0.1) is 0 Å². The van der Waals surface area contributed by atoms with E-state index in [9.17, 15) is 18.0 Å². The summed E-state index contributed by atoms with van der Waals surface area (Å²) in [5, 5.41) is 0. The highest BCUT2D eigenvalue weighted by molar-refractivity contribution is 7.90. The fourth-order valence-corrected chi connectivity index (χ4v) is 2.79. The van der Waals surface area contributed by atoms with Crippen molar-refractivity contribution in [2.45, 2.75) is 25.3 Å². The number of primary amides is 1. The van der Waals surface area contributed by atoms with E-state index in [4.69, 9.17) is 11.5 Å². The summed E-state index contributed by atoms with van der Waals surface area (Å²) < 4.78 is 22.1. The van der Waals surface area contributed by atoms with E-state index in [1.807, 2.05) is 0 Å². The maximum atomic E-state index is 12.0. The first kappa shape index (κ1) is 15.9. The van der Waals surface area contributed by atoms with Gasteiger partial charge in [0.15, 0.2) is 0 Å². The second kappa shape index (κ2) is 6.33. The molecule has 7 nitrogen and oxygen atoms in total. The van der Waals surface area contributed by atoms with Crippen molar-refractivity contribution in [3.63, 3.8) is 0 Å². The number of amides is 2. The number of hydrogen-bond donors (Lipinski definition) is 2. The van der Waals surface area contributed by atoms with E-state index >= 15 is 0 Å². The summed E-state index contributed by atoms with van der Waals surface area (Å²) in [5.74, 6) is -1.18. The lowest BCUT2D eigenvalue weighted by molar-refractivity contribution is -0.136. The first-order valence-corrected chi connectivity index (χ1v) is 8.28. The van der Waals surface area contributed by atoms with Crippen LogP contribution in [0, 0.1) is 5.92 Å². The summed E-state index contributed by atoms with van der Waals surface area (Å²) in [7, 11) is -3.13. The summed E-state index contributed by atoms with van der Waals surface area (Å²) >= 11 is 0. The Hall–Kier alpha value is -1.15. The summed E-state index contributed by atoms with van der Waals surface area (Å²) in [4.78, 5) is 24.7. The van der Waals surface area contributed by atoms with E-state index in [1.165, 1.54) is 4.90 Å². The molecule has 1 aliphatic heterocycles. The van der Waals surface area contributed by atoms with Crippen molar-refractivity contribution < 1.29 is 18.0 Å². The fraction of sp³-hybridized carbons (Fsp3) is 0.818. The van der Waals surface area contributed by atoms with Gasteiger partial charge in [-0.2, -0.15) is 0 Å². The molecule has 2 amide bonds. The van der Waals surface area contributed by atoms with E-state index in [0.29, 0.717) is 19.4 Å². The van der Waals surface area contributed by atoms with Gasteiger partial charge < -0.3 is 16.4 Å². The second-order valence-electron chi connectivity index (χ2n) is 5.05. The van der Waals surface area contributed by atoms with Crippen LogP contribution in [0.25, 0.3) is 0 Å². The number of hydrogen-bond acceptors (Lipinski definition) is 5. The molecule has 1 rings (SSSR count). The summed E-state index contributed by atoms with van der Waals surface area (Å²) in [5.41, 5.74) is 10.9. The highest BCUT2D eigenvalue weighted by Gasteiger charge is 2.29. The molecule has 1 fully saturated rings. The Morgan fingerprint density at radius 2 is 2.05 bits per heavy atom. The molecule has 0 saturated carbocycles. The van der Waals surface area contributed by atoms with E-state index in [0.717, 1.165) is 6.26 Å². The smallest absolute Gasteiger partial charge is 0.239 e. The zero-order chi connectivity index (χ0) is 14.6. The van der Waals surface area contributed by atoms with E-state index in [-0.39, 0.29) is 30.5 Å². The van der Waals surface area contributed by atoms with Crippen molar-refractivity contribution in [2.75, 3.05) is 25.1 Å². The third-order valence-electron chi connectivity index (χ3n) is 3.25. The van der Waals surface area contributed by atoms with Crippen LogP contribution in [0.4, 0.5) is 0 Å². The van der Waals surface area contributed by atoms with Crippen molar-refractivity contribution in [1.82, 2.24) is 4.90 Å². The molecule has 0 aromatic heterocycles. The molecule has 1 aliphatic rings. The maximum absolute atomic E-state index is 12.0. The van der Waals surface area contributed by atoms with Crippen molar-refractivity contribution in [2.24, 2.45) is 17.4 Å². The predicted molar refractivity (Wildman–Crippen MR) is 70.8 cm³/mol. The molecule has 2 atom stereocenters. The minimum absolute atomic E-state index is 0.0927. The van der Waals surface area contributed by atoms with Crippen LogP contribution in [0.3, 0.4) is 0 Å². The highest BCUT2D eigenvalue weighted by atomic mass is 32.2. The molecule has 8 heteroatoms. The quantitative estimate of drug-likeness (QED) is 0.636. The topological polar surface area (TPSA) is 124 Å². The van der Waals surface area contributed by atoms with Gasteiger partial charge in [-0.05, 0) is 19.3 Å². The molecule has 0 aromatic rings. The van der Waals surface area contributed by atoms with Gasteiger partial charge in [0.1, 0.15) is 9.84 Å². The van der Waals surface area contributed by atoms with Crippen LogP contribution in [-0.2, 0) is 19.4 Å². The largest absolute Gasteiger partial charge is 0.369 e.